The van der Waals surface area contributed by atoms with E-state index in [0.29, 0.717) is 39.0 Å². The van der Waals surface area contributed by atoms with Crippen molar-refractivity contribution in [1.29, 1.82) is 0 Å². The van der Waals surface area contributed by atoms with Crippen molar-refractivity contribution in [3.8, 4) is 0 Å². The Hall–Kier alpha value is -1.66. The number of nitrogens with zero attached hydrogens (tertiary/aromatic N) is 2. The van der Waals surface area contributed by atoms with Gasteiger partial charge in [0.05, 0.1) is 6.26 Å². The molecule has 1 aliphatic rings. The number of amides is 1. The first-order valence-electron chi connectivity index (χ1n) is 8.30. The summed E-state index contributed by atoms with van der Waals surface area (Å²) in [4.78, 5) is 14.6. The number of piperidine rings is 1. The van der Waals surface area contributed by atoms with E-state index in [-0.39, 0.29) is 11.8 Å². The van der Waals surface area contributed by atoms with Crippen molar-refractivity contribution in [2.75, 3.05) is 32.4 Å². The lowest BCUT2D eigenvalue weighted by Gasteiger charge is -2.32. The summed E-state index contributed by atoms with van der Waals surface area (Å²) in [5.74, 6) is 0.0118. The van der Waals surface area contributed by atoms with Crippen LogP contribution in [0.5, 0.6) is 0 Å². The van der Waals surface area contributed by atoms with Gasteiger partial charge in [-0.2, -0.15) is 0 Å². The molecule has 1 saturated heterocycles. The van der Waals surface area contributed by atoms with Crippen LogP contribution in [0.4, 0.5) is 0 Å². The second-order valence-electron chi connectivity index (χ2n) is 6.24. The second-order valence-corrected chi connectivity index (χ2v) is 8.23. The highest BCUT2D eigenvalue weighted by atomic mass is 32.2. The Morgan fingerprint density at radius 3 is 2.46 bits per heavy atom. The largest absolute Gasteiger partial charge is 0.338 e. The fraction of sp³-hybridized carbons (Fsp3) is 0.500. The summed E-state index contributed by atoms with van der Waals surface area (Å²) < 4.78 is 24.6. The predicted molar refractivity (Wildman–Crippen MR) is 96.1 cm³/mol. The van der Waals surface area contributed by atoms with E-state index in [1.54, 1.807) is 6.08 Å². The first-order valence-corrected chi connectivity index (χ1v) is 10.2. The number of carbonyl (C=O) groups is 1. The molecule has 1 aromatic carbocycles. The van der Waals surface area contributed by atoms with E-state index >= 15 is 0 Å². The molecule has 0 spiro atoms. The molecular formula is C18H26N2O3S. The van der Waals surface area contributed by atoms with Gasteiger partial charge in [0, 0.05) is 32.1 Å². The first-order chi connectivity index (χ1) is 11.4. The molecule has 6 heteroatoms. The zero-order valence-electron chi connectivity index (χ0n) is 14.2. The molecule has 1 heterocycles. The molecule has 0 aromatic heterocycles. The van der Waals surface area contributed by atoms with Gasteiger partial charge in [0.25, 0.3) is 0 Å². The van der Waals surface area contributed by atoms with Crippen LogP contribution in [0.1, 0.15) is 18.4 Å². The van der Waals surface area contributed by atoms with Gasteiger partial charge < -0.3 is 4.90 Å². The van der Waals surface area contributed by atoms with Crippen LogP contribution < -0.4 is 0 Å². The van der Waals surface area contributed by atoms with Gasteiger partial charge in [0.1, 0.15) is 0 Å². The van der Waals surface area contributed by atoms with Crippen LogP contribution in [0.25, 0.3) is 0 Å². The Balaban J connectivity index is 1.93. The van der Waals surface area contributed by atoms with Gasteiger partial charge in [0.15, 0.2) is 0 Å². The van der Waals surface area contributed by atoms with E-state index in [4.69, 9.17) is 0 Å². The molecule has 0 N–H and O–H groups in total. The highest BCUT2D eigenvalue weighted by molar-refractivity contribution is 7.88. The Morgan fingerprint density at radius 1 is 1.29 bits per heavy atom. The number of hydrogen-bond donors (Lipinski definition) is 0. The monoisotopic (exact) mass is 350 g/mol. The van der Waals surface area contributed by atoms with Crippen molar-refractivity contribution in [2.24, 2.45) is 5.92 Å². The third-order valence-electron chi connectivity index (χ3n) is 4.45. The summed E-state index contributed by atoms with van der Waals surface area (Å²) in [6.07, 6.45) is 4.95. The number of sulfonamides is 1. The van der Waals surface area contributed by atoms with Crippen LogP contribution in [0, 0.1) is 5.92 Å². The minimum Gasteiger partial charge on any atom is -0.338 e. The molecule has 0 unspecified atom stereocenters. The molecule has 0 atom stereocenters. The second kappa shape index (κ2) is 8.44. The van der Waals surface area contributed by atoms with Crippen LogP contribution in [-0.4, -0.2) is 56.0 Å². The van der Waals surface area contributed by atoms with Crippen molar-refractivity contribution in [3.63, 3.8) is 0 Å². The molecule has 0 saturated carbocycles. The zero-order valence-corrected chi connectivity index (χ0v) is 15.0. The van der Waals surface area contributed by atoms with Crippen molar-refractivity contribution in [3.05, 3.63) is 48.6 Å². The lowest BCUT2D eigenvalue weighted by atomic mass is 9.96. The highest BCUT2D eigenvalue weighted by Crippen LogP contribution is 2.21. The van der Waals surface area contributed by atoms with Crippen LogP contribution in [0.2, 0.25) is 0 Å². The average Bonchev–Trinajstić information content (AvgIpc) is 2.58. The number of benzene rings is 1. The Morgan fingerprint density at radius 2 is 1.92 bits per heavy atom. The van der Waals surface area contributed by atoms with Crippen molar-refractivity contribution < 1.29 is 13.2 Å². The molecule has 132 valence electrons. The van der Waals surface area contributed by atoms with Gasteiger partial charge in [-0.25, -0.2) is 12.7 Å². The molecule has 0 radical (unpaired) electrons. The fourth-order valence-electron chi connectivity index (χ4n) is 3.05. The Kier molecular flexibility index (Phi) is 6.57. The van der Waals surface area contributed by atoms with E-state index < -0.39 is 10.0 Å². The topological polar surface area (TPSA) is 57.7 Å². The van der Waals surface area contributed by atoms with Crippen LogP contribution in [-0.2, 0) is 21.2 Å². The zero-order chi connectivity index (χ0) is 17.6. The highest BCUT2D eigenvalue weighted by Gasteiger charge is 2.31. The molecule has 0 aliphatic carbocycles. The maximum absolute atomic E-state index is 12.8. The average molecular weight is 350 g/mol. The Labute approximate surface area is 145 Å². The summed E-state index contributed by atoms with van der Waals surface area (Å²) in [7, 11) is -3.16. The number of rotatable bonds is 7. The van der Waals surface area contributed by atoms with Crippen molar-refractivity contribution in [2.45, 2.75) is 19.3 Å². The van der Waals surface area contributed by atoms with Gasteiger partial charge >= 0.3 is 0 Å². The van der Waals surface area contributed by atoms with Crippen LogP contribution in [0.3, 0.4) is 0 Å². The van der Waals surface area contributed by atoms with Crippen LogP contribution in [0.15, 0.2) is 43.0 Å². The van der Waals surface area contributed by atoms with E-state index in [1.165, 1.54) is 16.1 Å². The van der Waals surface area contributed by atoms with Gasteiger partial charge in [-0.3, -0.25) is 4.79 Å². The SMILES string of the molecule is C=CCN(CCc1ccccc1)C(=O)C1CCN(S(C)(=O)=O)CC1. The number of hydrogen-bond acceptors (Lipinski definition) is 3. The molecular weight excluding hydrogens is 324 g/mol. The third kappa shape index (κ3) is 5.18. The smallest absolute Gasteiger partial charge is 0.226 e. The quantitative estimate of drug-likeness (QED) is 0.706. The summed E-state index contributed by atoms with van der Waals surface area (Å²) in [5, 5.41) is 0. The maximum atomic E-state index is 12.8. The van der Waals surface area contributed by atoms with Gasteiger partial charge in [-0.15, -0.1) is 6.58 Å². The summed E-state index contributed by atoms with van der Waals surface area (Å²) >= 11 is 0. The van der Waals surface area contributed by atoms with E-state index in [2.05, 4.69) is 18.7 Å². The minimum atomic E-state index is -3.16. The fourth-order valence-corrected chi connectivity index (χ4v) is 3.92. The minimum absolute atomic E-state index is 0.0984. The standard InChI is InChI=1S/C18H26N2O3S/c1-3-12-19(13-9-16-7-5-4-6-8-16)18(21)17-10-14-20(15-11-17)24(2,22)23/h3-8,17H,1,9-15H2,2H3. The molecule has 1 aliphatic heterocycles. The third-order valence-corrected chi connectivity index (χ3v) is 5.75. The van der Waals surface area contributed by atoms with Gasteiger partial charge in [-0.1, -0.05) is 36.4 Å². The lowest BCUT2D eigenvalue weighted by Crippen LogP contribution is -2.44. The molecule has 1 aromatic rings. The summed E-state index contributed by atoms with van der Waals surface area (Å²) in [6.45, 7) is 5.78. The van der Waals surface area contributed by atoms with E-state index in [9.17, 15) is 13.2 Å². The molecule has 5 nitrogen and oxygen atoms in total. The van der Waals surface area contributed by atoms with Gasteiger partial charge in [-0.05, 0) is 24.8 Å². The van der Waals surface area contributed by atoms with E-state index in [0.717, 1.165) is 6.42 Å². The molecule has 2 rings (SSSR count). The normalized spacial score (nSPS) is 16.7. The first kappa shape index (κ1) is 18.7. The van der Waals surface area contributed by atoms with Gasteiger partial charge in [0.2, 0.25) is 15.9 Å². The Bertz CT molecular complexity index is 650. The maximum Gasteiger partial charge on any atom is 0.226 e. The van der Waals surface area contributed by atoms with Crippen molar-refractivity contribution in [1.82, 2.24) is 9.21 Å². The molecule has 0 bridgehead atoms. The predicted octanol–water partition coefficient (Wildman–Crippen LogP) is 1.92. The van der Waals surface area contributed by atoms with Crippen LogP contribution >= 0.6 is 0 Å². The molecule has 1 fully saturated rings. The molecule has 1 amide bonds. The van der Waals surface area contributed by atoms with Crippen molar-refractivity contribution >= 4 is 15.9 Å². The lowest BCUT2D eigenvalue weighted by molar-refractivity contribution is -0.136. The molecule has 24 heavy (non-hydrogen) atoms. The van der Waals surface area contributed by atoms with E-state index in [1.807, 2.05) is 23.1 Å². The number of carbonyl (C=O) groups excluding carboxylic acids is 1. The summed E-state index contributed by atoms with van der Waals surface area (Å²) in [6, 6.07) is 10.1. The summed E-state index contributed by atoms with van der Waals surface area (Å²) in [5.41, 5.74) is 1.20.